The summed E-state index contributed by atoms with van der Waals surface area (Å²) in [6.45, 7) is 0. The molecule has 1 aromatic heterocycles. The third-order valence-corrected chi connectivity index (χ3v) is 2.41. The summed E-state index contributed by atoms with van der Waals surface area (Å²) >= 11 is 0. The fourth-order valence-corrected chi connectivity index (χ4v) is 1.49. The molecule has 0 fully saturated rings. The Morgan fingerprint density at radius 2 is 1.67 bits per heavy atom. The number of H-pyrrole nitrogens is 1. The number of amides is 1. The van der Waals surface area contributed by atoms with Gasteiger partial charge in [0.1, 0.15) is 0 Å². The molecule has 1 amide bonds. The van der Waals surface area contributed by atoms with Crippen molar-refractivity contribution in [2.45, 2.75) is 0 Å². The van der Waals surface area contributed by atoms with Gasteiger partial charge in [-0.25, -0.2) is 0 Å². The Morgan fingerprint density at radius 3 is 2.28 bits per heavy atom. The van der Waals surface area contributed by atoms with Crippen LogP contribution in [0.3, 0.4) is 0 Å². The van der Waals surface area contributed by atoms with E-state index < -0.39 is 0 Å². The fourth-order valence-electron chi connectivity index (χ4n) is 1.49. The van der Waals surface area contributed by atoms with Gasteiger partial charge in [0.2, 0.25) is 5.91 Å². The molecule has 0 aliphatic heterocycles. The molecule has 0 bridgehead atoms. The molecule has 4 heteroatoms. The second-order valence-electron chi connectivity index (χ2n) is 3.69. The Hall–Kier alpha value is -2.62. The highest BCUT2D eigenvalue weighted by Crippen LogP contribution is 2.06. The SMILES string of the molecule is NC(=O)c1ccccc1.c1ccc2[nH]ncc2c1. The molecule has 0 saturated carbocycles. The molecule has 4 nitrogen and oxygen atoms in total. The minimum Gasteiger partial charge on any atom is -0.366 e. The van der Waals surface area contributed by atoms with Crippen molar-refractivity contribution < 1.29 is 4.79 Å². The molecular weight excluding hydrogens is 226 g/mol. The predicted octanol–water partition coefficient (Wildman–Crippen LogP) is 2.35. The van der Waals surface area contributed by atoms with E-state index in [1.54, 1.807) is 24.3 Å². The first-order chi connectivity index (χ1) is 8.77. The molecular formula is C14H13N3O. The number of nitrogens with one attached hydrogen (secondary N) is 1. The minimum atomic E-state index is -0.379. The number of rotatable bonds is 1. The van der Waals surface area contributed by atoms with Gasteiger partial charge in [0, 0.05) is 10.9 Å². The highest BCUT2D eigenvalue weighted by atomic mass is 16.1. The zero-order valence-electron chi connectivity index (χ0n) is 9.71. The van der Waals surface area contributed by atoms with E-state index in [1.807, 2.05) is 36.5 Å². The number of primary amides is 1. The molecule has 0 aliphatic carbocycles. The number of para-hydroxylation sites is 1. The van der Waals surface area contributed by atoms with Crippen molar-refractivity contribution in [2.24, 2.45) is 5.73 Å². The largest absolute Gasteiger partial charge is 0.366 e. The van der Waals surface area contributed by atoms with Crippen molar-refractivity contribution in [3.8, 4) is 0 Å². The molecule has 0 aliphatic rings. The Kier molecular flexibility index (Phi) is 3.71. The van der Waals surface area contributed by atoms with Gasteiger partial charge in [0.05, 0.1) is 11.7 Å². The molecule has 3 aromatic rings. The summed E-state index contributed by atoms with van der Waals surface area (Å²) < 4.78 is 0. The number of carbonyl (C=O) groups is 1. The average Bonchev–Trinajstić information content (AvgIpc) is 2.89. The number of fused-ring (bicyclic) bond motifs is 1. The standard InChI is InChI=1S/C7H6N2.C7H7NO/c1-2-4-7-6(3-1)5-8-9-7;8-7(9)6-4-2-1-3-5-6/h1-5H,(H,8,9);1-5H,(H2,8,9). The molecule has 0 unspecified atom stereocenters. The number of nitrogens with zero attached hydrogens (tertiary/aromatic N) is 1. The summed E-state index contributed by atoms with van der Waals surface area (Å²) in [5.74, 6) is -0.379. The van der Waals surface area contributed by atoms with E-state index >= 15 is 0 Å². The van der Waals surface area contributed by atoms with Gasteiger partial charge in [-0.2, -0.15) is 5.10 Å². The van der Waals surface area contributed by atoms with Crippen LogP contribution in [-0.2, 0) is 0 Å². The zero-order chi connectivity index (χ0) is 12.8. The first-order valence-corrected chi connectivity index (χ1v) is 5.50. The quantitative estimate of drug-likeness (QED) is 0.684. The van der Waals surface area contributed by atoms with Crippen molar-refractivity contribution in [2.75, 3.05) is 0 Å². The number of hydrogen-bond donors (Lipinski definition) is 2. The number of hydrogen-bond acceptors (Lipinski definition) is 2. The van der Waals surface area contributed by atoms with Crippen LogP contribution in [0.5, 0.6) is 0 Å². The van der Waals surface area contributed by atoms with E-state index in [9.17, 15) is 4.79 Å². The van der Waals surface area contributed by atoms with Crippen LogP contribution in [0, 0.1) is 0 Å². The lowest BCUT2D eigenvalue weighted by atomic mass is 10.2. The number of benzene rings is 2. The van der Waals surface area contributed by atoms with Crippen LogP contribution in [0.4, 0.5) is 0 Å². The van der Waals surface area contributed by atoms with Gasteiger partial charge >= 0.3 is 0 Å². The summed E-state index contributed by atoms with van der Waals surface area (Å²) in [4.78, 5) is 10.4. The Morgan fingerprint density at radius 1 is 1.00 bits per heavy atom. The summed E-state index contributed by atoms with van der Waals surface area (Å²) in [7, 11) is 0. The van der Waals surface area contributed by atoms with E-state index in [-0.39, 0.29) is 5.91 Å². The topological polar surface area (TPSA) is 71.8 Å². The Balaban J connectivity index is 0.000000134. The normalized spacial score (nSPS) is 9.56. The van der Waals surface area contributed by atoms with E-state index in [4.69, 9.17) is 5.73 Å². The zero-order valence-corrected chi connectivity index (χ0v) is 9.71. The summed E-state index contributed by atoms with van der Waals surface area (Å²) in [5.41, 5.74) is 6.62. The second kappa shape index (κ2) is 5.63. The molecule has 0 spiro atoms. The number of nitrogens with two attached hydrogens (primary N) is 1. The number of carbonyl (C=O) groups excluding carboxylic acids is 1. The van der Waals surface area contributed by atoms with Crippen LogP contribution in [0.1, 0.15) is 10.4 Å². The van der Waals surface area contributed by atoms with Crippen LogP contribution >= 0.6 is 0 Å². The predicted molar refractivity (Wildman–Crippen MR) is 71.1 cm³/mol. The third kappa shape index (κ3) is 2.95. The van der Waals surface area contributed by atoms with Crippen LogP contribution in [0.15, 0.2) is 60.8 Å². The lowest BCUT2D eigenvalue weighted by molar-refractivity contribution is 0.100. The second-order valence-corrected chi connectivity index (χ2v) is 3.69. The maximum atomic E-state index is 10.4. The van der Waals surface area contributed by atoms with Crippen LogP contribution in [0.25, 0.3) is 10.9 Å². The van der Waals surface area contributed by atoms with Gasteiger partial charge in [-0.05, 0) is 18.2 Å². The van der Waals surface area contributed by atoms with Crippen molar-refractivity contribution in [1.29, 1.82) is 0 Å². The molecule has 3 N–H and O–H groups in total. The monoisotopic (exact) mass is 239 g/mol. The van der Waals surface area contributed by atoms with Crippen molar-refractivity contribution in [3.05, 3.63) is 66.4 Å². The van der Waals surface area contributed by atoms with E-state index in [0.717, 1.165) is 10.9 Å². The van der Waals surface area contributed by atoms with E-state index in [0.29, 0.717) is 5.56 Å². The highest BCUT2D eigenvalue weighted by Gasteiger charge is 1.93. The fraction of sp³-hybridized carbons (Fsp3) is 0. The number of aromatic amines is 1. The van der Waals surface area contributed by atoms with Crippen LogP contribution in [-0.4, -0.2) is 16.1 Å². The summed E-state index contributed by atoms with van der Waals surface area (Å²) in [5, 5.41) is 7.91. The molecule has 0 radical (unpaired) electrons. The lowest BCUT2D eigenvalue weighted by Gasteiger charge is -1.89. The van der Waals surface area contributed by atoms with Crippen molar-refractivity contribution in [1.82, 2.24) is 10.2 Å². The first kappa shape index (κ1) is 11.9. The molecule has 0 saturated heterocycles. The highest BCUT2D eigenvalue weighted by molar-refractivity contribution is 5.92. The van der Waals surface area contributed by atoms with Gasteiger partial charge in [-0.15, -0.1) is 0 Å². The van der Waals surface area contributed by atoms with Gasteiger partial charge in [0.25, 0.3) is 0 Å². The first-order valence-electron chi connectivity index (χ1n) is 5.50. The van der Waals surface area contributed by atoms with Gasteiger partial charge in [-0.3, -0.25) is 9.89 Å². The van der Waals surface area contributed by atoms with Gasteiger partial charge < -0.3 is 5.73 Å². The molecule has 0 atom stereocenters. The maximum Gasteiger partial charge on any atom is 0.248 e. The Bertz CT molecular complexity index is 601. The molecule has 2 aromatic carbocycles. The van der Waals surface area contributed by atoms with Gasteiger partial charge in [0.15, 0.2) is 0 Å². The van der Waals surface area contributed by atoms with Crippen LogP contribution < -0.4 is 5.73 Å². The lowest BCUT2D eigenvalue weighted by Crippen LogP contribution is -2.09. The van der Waals surface area contributed by atoms with Crippen molar-refractivity contribution in [3.63, 3.8) is 0 Å². The maximum absolute atomic E-state index is 10.4. The third-order valence-electron chi connectivity index (χ3n) is 2.41. The van der Waals surface area contributed by atoms with E-state index in [1.165, 1.54) is 0 Å². The van der Waals surface area contributed by atoms with Crippen LogP contribution in [0.2, 0.25) is 0 Å². The minimum absolute atomic E-state index is 0.379. The summed E-state index contributed by atoms with van der Waals surface area (Å²) in [6, 6.07) is 16.8. The summed E-state index contributed by atoms with van der Waals surface area (Å²) in [6.07, 6.45) is 1.81. The van der Waals surface area contributed by atoms with Crippen molar-refractivity contribution >= 4 is 16.8 Å². The molecule has 18 heavy (non-hydrogen) atoms. The smallest absolute Gasteiger partial charge is 0.248 e. The number of aromatic nitrogens is 2. The molecule has 90 valence electrons. The molecule has 1 heterocycles. The average molecular weight is 239 g/mol. The Labute approximate surface area is 104 Å². The van der Waals surface area contributed by atoms with Gasteiger partial charge in [-0.1, -0.05) is 36.4 Å². The molecule has 3 rings (SSSR count). The van der Waals surface area contributed by atoms with E-state index in [2.05, 4.69) is 10.2 Å².